The molecule has 0 radical (unpaired) electrons. The Bertz CT molecular complexity index is 1110. The summed E-state index contributed by atoms with van der Waals surface area (Å²) >= 11 is 12.0. The summed E-state index contributed by atoms with van der Waals surface area (Å²) in [6.07, 6.45) is 1.53. The van der Waals surface area contributed by atoms with E-state index in [4.69, 9.17) is 32.7 Å². The van der Waals surface area contributed by atoms with Crippen molar-refractivity contribution in [2.24, 2.45) is 5.10 Å². The van der Waals surface area contributed by atoms with Crippen LogP contribution in [0.2, 0.25) is 10.0 Å². The van der Waals surface area contributed by atoms with Gasteiger partial charge in [-0.2, -0.15) is 10.2 Å². The van der Waals surface area contributed by atoms with Crippen molar-refractivity contribution < 1.29 is 14.3 Å². The molecule has 3 rings (SSSR count). The maximum absolute atomic E-state index is 12.1. The molecule has 1 heterocycles. The zero-order chi connectivity index (χ0) is 22.4. The Morgan fingerprint density at radius 3 is 2.61 bits per heavy atom. The lowest BCUT2D eigenvalue weighted by molar-refractivity contribution is -0.121. The monoisotopic (exact) mass is 460 g/mol. The van der Waals surface area contributed by atoms with Gasteiger partial charge < -0.3 is 9.47 Å². The summed E-state index contributed by atoms with van der Waals surface area (Å²) in [7, 11) is 1.55. The highest BCUT2D eigenvalue weighted by Crippen LogP contribution is 2.29. The first-order valence-electron chi connectivity index (χ1n) is 9.43. The maximum atomic E-state index is 12.1. The van der Waals surface area contributed by atoms with Gasteiger partial charge in [-0.15, -0.1) is 0 Å². The van der Waals surface area contributed by atoms with Crippen molar-refractivity contribution in [2.75, 3.05) is 7.11 Å². The lowest BCUT2D eigenvalue weighted by atomic mass is 10.2. The zero-order valence-electron chi connectivity index (χ0n) is 17.4. The van der Waals surface area contributed by atoms with Crippen LogP contribution in [0, 0.1) is 13.8 Å². The molecule has 3 aromatic rings. The van der Waals surface area contributed by atoms with Crippen LogP contribution in [0.1, 0.15) is 22.5 Å². The molecule has 0 fully saturated rings. The highest BCUT2D eigenvalue weighted by molar-refractivity contribution is 6.42. The second-order valence-electron chi connectivity index (χ2n) is 6.83. The van der Waals surface area contributed by atoms with Gasteiger partial charge in [0.05, 0.1) is 29.1 Å². The fourth-order valence-electron chi connectivity index (χ4n) is 2.86. The molecule has 9 heteroatoms. The first-order valence-corrected chi connectivity index (χ1v) is 10.2. The predicted molar refractivity (Wildman–Crippen MR) is 121 cm³/mol. The molecule has 0 spiro atoms. The molecule has 0 aliphatic rings. The van der Waals surface area contributed by atoms with Crippen molar-refractivity contribution in [3.8, 4) is 11.5 Å². The van der Waals surface area contributed by atoms with E-state index < -0.39 is 0 Å². The fourth-order valence-corrected chi connectivity index (χ4v) is 3.18. The van der Waals surface area contributed by atoms with Gasteiger partial charge in [-0.3, -0.25) is 9.48 Å². The van der Waals surface area contributed by atoms with E-state index in [1.807, 2.05) is 32.0 Å². The van der Waals surface area contributed by atoms with E-state index in [0.29, 0.717) is 28.2 Å². The first-order chi connectivity index (χ1) is 14.9. The van der Waals surface area contributed by atoms with Gasteiger partial charge in [0.25, 0.3) is 5.91 Å². The molecule has 1 amide bonds. The van der Waals surface area contributed by atoms with Crippen molar-refractivity contribution in [3.63, 3.8) is 0 Å². The SMILES string of the molecule is COc1cc(/C=N/NC(=O)Cn2nc(C)cc2C)ccc1OCc1ccc(Cl)c(Cl)c1. The summed E-state index contributed by atoms with van der Waals surface area (Å²) in [6, 6.07) is 12.6. The highest BCUT2D eigenvalue weighted by atomic mass is 35.5. The quantitative estimate of drug-likeness (QED) is 0.395. The minimum atomic E-state index is -0.268. The van der Waals surface area contributed by atoms with Crippen LogP contribution in [0.3, 0.4) is 0 Å². The Morgan fingerprint density at radius 1 is 1.13 bits per heavy atom. The number of carbonyl (C=O) groups excluding carboxylic acids is 1. The second kappa shape index (κ2) is 10.3. The zero-order valence-corrected chi connectivity index (χ0v) is 18.9. The van der Waals surface area contributed by atoms with Gasteiger partial charge in [0.1, 0.15) is 13.2 Å². The minimum Gasteiger partial charge on any atom is -0.493 e. The second-order valence-corrected chi connectivity index (χ2v) is 7.64. The predicted octanol–water partition coefficient (Wildman–Crippen LogP) is 4.54. The van der Waals surface area contributed by atoms with Gasteiger partial charge in [0.2, 0.25) is 0 Å². The van der Waals surface area contributed by atoms with Crippen molar-refractivity contribution >= 4 is 35.3 Å². The summed E-state index contributed by atoms with van der Waals surface area (Å²) in [5.74, 6) is 0.841. The van der Waals surface area contributed by atoms with Gasteiger partial charge in [0.15, 0.2) is 11.5 Å². The van der Waals surface area contributed by atoms with Crippen molar-refractivity contribution in [2.45, 2.75) is 27.0 Å². The molecule has 162 valence electrons. The van der Waals surface area contributed by atoms with E-state index in [0.717, 1.165) is 22.5 Å². The number of carbonyl (C=O) groups is 1. The number of halogens is 2. The lowest BCUT2D eigenvalue weighted by Gasteiger charge is -2.11. The van der Waals surface area contributed by atoms with E-state index in [1.165, 1.54) is 6.21 Å². The van der Waals surface area contributed by atoms with Gasteiger partial charge >= 0.3 is 0 Å². The number of ether oxygens (including phenoxy) is 2. The molecule has 0 saturated heterocycles. The molecule has 0 unspecified atom stereocenters. The Balaban J connectivity index is 1.59. The summed E-state index contributed by atoms with van der Waals surface area (Å²) in [5.41, 5.74) is 5.90. The number of benzene rings is 2. The number of hydrazone groups is 1. The largest absolute Gasteiger partial charge is 0.493 e. The van der Waals surface area contributed by atoms with Gasteiger partial charge in [-0.25, -0.2) is 5.43 Å². The third-order valence-electron chi connectivity index (χ3n) is 4.37. The fraction of sp³-hybridized carbons (Fsp3) is 0.227. The number of aromatic nitrogens is 2. The van der Waals surface area contributed by atoms with Crippen LogP contribution in [0.25, 0.3) is 0 Å². The van der Waals surface area contributed by atoms with Crippen LogP contribution in [0.5, 0.6) is 11.5 Å². The number of hydrogen-bond donors (Lipinski definition) is 1. The molecule has 1 aromatic heterocycles. The summed E-state index contributed by atoms with van der Waals surface area (Å²) in [5, 5.41) is 9.23. The van der Waals surface area contributed by atoms with E-state index in [1.54, 1.807) is 36.1 Å². The molecule has 0 aliphatic carbocycles. The molecule has 7 nitrogen and oxygen atoms in total. The smallest absolute Gasteiger partial charge is 0.261 e. The number of methoxy groups -OCH3 is 1. The molecule has 0 bridgehead atoms. The Morgan fingerprint density at radius 2 is 1.94 bits per heavy atom. The molecule has 1 N–H and O–H groups in total. The summed E-state index contributed by atoms with van der Waals surface area (Å²) < 4.78 is 12.9. The number of amides is 1. The topological polar surface area (TPSA) is 77.7 Å². The molecule has 2 aromatic carbocycles. The van der Waals surface area contributed by atoms with Gasteiger partial charge in [-0.05, 0) is 61.4 Å². The van der Waals surface area contributed by atoms with Crippen LogP contribution in [-0.4, -0.2) is 29.0 Å². The van der Waals surface area contributed by atoms with E-state index >= 15 is 0 Å². The molecule has 0 atom stereocenters. The average molecular weight is 461 g/mol. The molecule has 0 saturated carbocycles. The maximum Gasteiger partial charge on any atom is 0.261 e. The normalized spacial score (nSPS) is 11.0. The van der Waals surface area contributed by atoms with Crippen molar-refractivity contribution in [1.29, 1.82) is 0 Å². The molecular weight excluding hydrogens is 439 g/mol. The lowest BCUT2D eigenvalue weighted by Crippen LogP contribution is -2.24. The number of nitrogens with zero attached hydrogens (tertiary/aromatic N) is 3. The van der Waals surface area contributed by atoms with Gasteiger partial charge in [-0.1, -0.05) is 29.3 Å². The Labute approximate surface area is 190 Å². The average Bonchev–Trinajstić information content (AvgIpc) is 3.05. The standard InChI is InChI=1S/C22H22Cl2N4O3/c1-14-8-15(2)28(27-14)12-22(29)26-25-11-16-5-7-20(21(10-16)30-3)31-13-17-4-6-18(23)19(24)9-17/h4-11H,12-13H2,1-3H3,(H,26,29)/b25-11+. The number of aryl methyl sites for hydroxylation is 2. The minimum absolute atomic E-state index is 0.0990. The van der Waals surface area contributed by atoms with E-state index in [2.05, 4.69) is 15.6 Å². The third-order valence-corrected chi connectivity index (χ3v) is 5.10. The van der Waals surface area contributed by atoms with Crippen LogP contribution in [-0.2, 0) is 17.9 Å². The highest BCUT2D eigenvalue weighted by Gasteiger charge is 2.08. The number of hydrogen-bond acceptors (Lipinski definition) is 5. The third kappa shape index (κ3) is 6.23. The Hall–Kier alpha value is -3.03. The molecule has 31 heavy (non-hydrogen) atoms. The van der Waals surface area contributed by atoms with Crippen LogP contribution in [0.15, 0.2) is 47.6 Å². The summed E-state index contributed by atoms with van der Waals surface area (Å²) in [6.45, 7) is 4.18. The van der Waals surface area contributed by atoms with Crippen molar-refractivity contribution in [1.82, 2.24) is 15.2 Å². The van der Waals surface area contributed by atoms with E-state index in [-0.39, 0.29) is 12.5 Å². The van der Waals surface area contributed by atoms with Crippen LogP contribution < -0.4 is 14.9 Å². The van der Waals surface area contributed by atoms with Gasteiger partial charge in [0, 0.05) is 5.69 Å². The molecule has 0 aliphatic heterocycles. The number of rotatable bonds is 8. The van der Waals surface area contributed by atoms with Crippen LogP contribution >= 0.6 is 23.2 Å². The van der Waals surface area contributed by atoms with E-state index in [9.17, 15) is 4.79 Å². The molecular formula is C22H22Cl2N4O3. The number of nitrogens with one attached hydrogen (secondary N) is 1. The van der Waals surface area contributed by atoms with Crippen LogP contribution in [0.4, 0.5) is 0 Å². The summed E-state index contributed by atoms with van der Waals surface area (Å²) in [4.78, 5) is 12.1. The first kappa shape index (κ1) is 22.7. The van der Waals surface area contributed by atoms with Crippen molar-refractivity contribution in [3.05, 3.63) is 75.0 Å². The Kier molecular flexibility index (Phi) is 7.55.